The van der Waals surface area contributed by atoms with Crippen LogP contribution in [0.5, 0.6) is 0 Å². The van der Waals surface area contributed by atoms with Crippen molar-refractivity contribution >= 4 is 18.0 Å². The summed E-state index contributed by atoms with van der Waals surface area (Å²) in [6, 6.07) is 16.2. The van der Waals surface area contributed by atoms with Gasteiger partial charge in [-0.05, 0) is 11.1 Å². The van der Waals surface area contributed by atoms with Crippen LogP contribution in [-0.4, -0.2) is 40.0 Å². The van der Waals surface area contributed by atoms with Gasteiger partial charge in [0.25, 0.3) is 0 Å². The van der Waals surface area contributed by atoms with Gasteiger partial charge in [-0.1, -0.05) is 60.7 Å². The first-order chi connectivity index (χ1) is 13.0. The third kappa shape index (κ3) is 4.00. The van der Waals surface area contributed by atoms with E-state index >= 15 is 0 Å². The Hall–Kier alpha value is -3.55. The molecule has 1 heterocycles. The molecule has 1 fully saturated rings. The first-order valence-electron chi connectivity index (χ1n) is 8.47. The number of nitrogens with zero attached hydrogens (tertiary/aromatic N) is 2. The second-order valence-electron chi connectivity index (χ2n) is 6.31. The van der Waals surface area contributed by atoms with E-state index in [1.807, 2.05) is 60.7 Å². The summed E-state index contributed by atoms with van der Waals surface area (Å²) < 4.78 is 0. The van der Waals surface area contributed by atoms with Crippen molar-refractivity contribution in [3.63, 3.8) is 0 Å². The third-order valence-electron chi connectivity index (χ3n) is 4.44. The number of carbonyl (C=O) groups is 3. The number of hydrogen-bond donors (Lipinski definition) is 3. The zero-order valence-corrected chi connectivity index (χ0v) is 14.6. The van der Waals surface area contributed by atoms with Crippen molar-refractivity contribution in [1.29, 1.82) is 0 Å². The van der Waals surface area contributed by atoms with Crippen LogP contribution in [0.4, 0.5) is 9.59 Å². The molecule has 8 heteroatoms. The van der Waals surface area contributed by atoms with Crippen LogP contribution < -0.4 is 16.8 Å². The Morgan fingerprint density at radius 1 is 0.852 bits per heavy atom. The van der Waals surface area contributed by atoms with E-state index in [1.54, 1.807) is 0 Å². The predicted octanol–water partition coefficient (Wildman–Crippen LogP) is 0.973. The molecule has 1 saturated heterocycles. The molecule has 5 amide bonds. The van der Waals surface area contributed by atoms with Crippen LogP contribution in [0.1, 0.15) is 11.1 Å². The maximum atomic E-state index is 13.1. The lowest BCUT2D eigenvalue weighted by Crippen LogP contribution is -2.56. The fraction of sp³-hybridized carbons (Fsp3) is 0.211. The van der Waals surface area contributed by atoms with Gasteiger partial charge in [0.15, 0.2) is 6.04 Å². The Kier molecular flexibility index (Phi) is 5.25. The van der Waals surface area contributed by atoms with Crippen molar-refractivity contribution in [2.24, 2.45) is 11.5 Å². The summed E-state index contributed by atoms with van der Waals surface area (Å²) in [5.74, 6) is -0.714. The highest BCUT2D eigenvalue weighted by atomic mass is 16.2. The molecular weight excluding hydrogens is 346 g/mol. The van der Waals surface area contributed by atoms with Crippen LogP contribution in [0, 0.1) is 0 Å². The van der Waals surface area contributed by atoms with Crippen LogP contribution in [0.2, 0.25) is 0 Å². The molecule has 1 aliphatic heterocycles. The first kappa shape index (κ1) is 18.2. The Balaban J connectivity index is 1.94. The quantitative estimate of drug-likeness (QED) is 0.705. The minimum atomic E-state index is -1.03. The van der Waals surface area contributed by atoms with E-state index in [-0.39, 0.29) is 13.1 Å². The lowest BCUT2D eigenvalue weighted by atomic mass is 10.1. The van der Waals surface area contributed by atoms with Gasteiger partial charge in [-0.15, -0.1) is 0 Å². The van der Waals surface area contributed by atoms with Gasteiger partial charge in [-0.2, -0.15) is 0 Å². The molecule has 27 heavy (non-hydrogen) atoms. The molecule has 8 nitrogen and oxygen atoms in total. The van der Waals surface area contributed by atoms with E-state index in [2.05, 4.69) is 5.32 Å². The summed E-state index contributed by atoms with van der Waals surface area (Å²) in [7, 11) is 0. The topological polar surface area (TPSA) is 122 Å². The average Bonchev–Trinajstić information content (AvgIpc) is 2.88. The zero-order valence-electron chi connectivity index (χ0n) is 14.6. The van der Waals surface area contributed by atoms with Gasteiger partial charge < -0.3 is 21.7 Å². The van der Waals surface area contributed by atoms with Gasteiger partial charge in [0.1, 0.15) is 6.17 Å². The Bertz CT molecular complexity index is 828. The zero-order chi connectivity index (χ0) is 19.4. The molecule has 0 radical (unpaired) electrons. The predicted molar refractivity (Wildman–Crippen MR) is 98.9 cm³/mol. The number of primary amides is 2. The smallest absolute Gasteiger partial charge is 0.323 e. The number of hydrogen-bond acceptors (Lipinski definition) is 3. The summed E-state index contributed by atoms with van der Waals surface area (Å²) >= 11 is 0. The number of nitrogens with two attached hydrogens (primary N) is 2. The summed E-state index contributed by atoms with van der Waals surface area (Å²) in [6.07, 6.45) is -0.948. The van der Waals surface area contributed by atoms with Crippen molar-refractivity contribution in [1.82, 2.24) is 15.1 Å². The van der Waals surface area contributed by atoms with Crippen LogP contribution in [0.3, 0.4) is 0 Å². The highest BCUT2D eigenvalue weighted by Crippen LogP contribution is 2.26. The molecule has 3 rings (SSSR count). The molecule has 0 bridgehead atoms. The Morgan fingerprint density at radius 3 is 1.78 bits per heavy atom. The van der Waals surface area contributed by atoms with E-state index in [0.29, 0.717) is 0 Å². The van der Waals surface area contributed by atoms with Gasteiger partial charge in [0.05, 0.1) is 0 Å². The van der Waals surface area contributed by atoms with E-state index in [1.165, 1.54) is 9.80 Å². The first-order valence-corrected chi connectivity index (χ1v) is 8.47. The van der Waals surface area contributed by atoms with E-state index in [4.69, 9.17) is 11.5 Å². The fourth-order valence-electron chi connectivity index (χ4n) is 3.25. The summed E-state index contributed by atoms with van der Waals surface area (Å²) in [5.41, 5.74) is 12.5. The van der Waals surface area contributed by atoms with Crippen LogP contribution in [-0.2, 0) is 17.9 Å². The largest absolute Gasteiger partial charge is 0.368 e. The molecule has 140 valence electrons. The maximum absolute atomic E-state index is 13.1. The molecule has 0 unspecified atom stereocenters. The highest BCUT2D eigenvalue weighted by molar-refractivity contribution is 5.91. The van der Waals surface area contributed by atoms with E-state index in [0.717, 1.165) is 11.1 Å². The molecule has 2 atom stereocenters. The molecule has 0 saturated carbocycles. The molecule has 5 N–H and O–H groups in total. The van der Waals surface area contributed by atoms with Crippen molar-refractivity contribution in [2.45, 2.75) is 25.3 Å². The Morgan fingerprint density at radius 2 is 1.33 bits per heavy atom. The van der Waals surface area contributed by atoms with Crippen molar-refractivity contribution in [3.05, 3.63) is 71.8 Å². The minimum Gasteiger partial charge on any atom is -0.368 e. The minimum absolute atomic E-state index is 0.190. The van der Waals surface area contributed by atoms with Crippen molar-refractivity contribution in [2.75, 3.05) is 0 Å². The molecule has 0 aliphatic carbocycles. The number of benzene rings is 2. The summed E-state index contributed by atoms with van der Waals surface area (Å²) in [5, 5.41) is 2.49. The average molecular weight is 367 g/mol. The number of rotatable bonds is 6. The number of nitrogens with one attached hydrogen (secondary N) is 1. The molecule has 2 aromatic carbocycles. The number of urea groups is 2. The Labute approximate surface area is 156 Å². The van der Waals surface area contributed by atoms with Gasteiger partial charge in [0, 0.05) is 13.1 Å². The summed E-state index contributed by atoms with van der Waals surface area (Å²) in [6.45, 7) is 0.398. The monoisotopic (exact) mass is 367 g/mol. The maximum Gasteiger partial charge on any atom is 0.323 e. The van der Waals surface area contributed by atoms with Gasteiger partial charge in [-0.25, -0.2) is 9.59 Å². The van der Waals surface area contributed by atoms with Crippen LogP contribution in [0.25, 0.3) is 0 Å². The lowest BCUT2D eigenvalue weighted by Gasteiger charge is -2.26. The molecule has 1 aliphatic rings. The number of carbonyl (C=O) groups excluding carboxylic acids is 3. The summed E-state index contributed by atoms with van der Waals surface area (Å²) in [4.78, 5) is 39.5. The molecule has 0 aromatic heterocycles. The molecule has 0 spiro atoms. The number of amides is 5. The SMILES string of the molecule is NC(=O)N[C@H]1[C@@H](C(N)=O)N(Cc2ccccc2)C(=O)N1Cc1ccccc1. The van der Waals surface area contributed by atoms with Gasteiger partial charge in [0.2, 0.25) is 5.91 Å². The fourth-order valence-corrected chi connectivity index (χ4v) is 3.25. The highest BCUT2D eigenvalue weighted by Gasteiger charge is 2.49. The second kappa shape index (κ2) is 7.77. The van der Waals surface area contributed by atoms with Crippen molar-refractivity contribution < 1.29 is 14.4 Å². The van der Waals surface area contributed by atoms with Gasteiger partial charge in [-0.3, -0.25) is 9.69 Å². The lowest BCUT2D eigenvalue weighted by molar-refractivity contribution is -0.122. The van der Waals surface area contributed by atoms with E-state index < -0.39 is 30.2 Å². The normalized spacial score (nSPS) is 19.2. The van der Waals surface area contributed by atoms with Gasteiger partial charge >= 0.3 is 12.1 Å². The van der Waals surface area contributed by atoms with E-state index in [9.17, 15) is 14.4 Å². The molecule has 2 aromatic rings. The van der Waals surface area contributed by atoms with Crippen molar-refractivity contribution in [3.8, 4) is 0 Å². The van der Waals surface area contributed by atoms with Crippen LogP contribution >= 0.6 is 0 Å². The standard InChI is InChI=1S/C19H21N5O3/c20-16(25)15-17(22-18(21)26)24(12-14-9-5-2-6-10-14)19(27)23(15)11-13-7-3-1-4-8-13/h1-10,15,17H,11-12H2,(H2,20,25)(H3,21,22,26)/t15-,17-/m1/s1. The molecular formula is C19H21N5O3. The second-order valence-corrected chi connectivity index (χ2v) is 6.31. The van der Waals surface area contributed by atoms with Crippen LogP contribution in [0.15, 0.2) is 60.7 Å². The third-order valence-corrected chi connectivity index (χ3v) is 4.44.